The quantitative estimate of drug-likeness (QED) is 0.769. The standard InChI is InChI=1S/C19H15F3N4O4S/c20-19(21,22)16-5-6-26(24-16)15-11-13(23-17(27)12-1-2-12)3-4-14(15)18(28)25-7-9-31(29,30)10-8-25/h3-12H,1-2H2,(H,23,27). The monoisotopic (exact) mass is 452 g/mol. The summed E-state index contributed by atoms with van der Waals surface area (Å²) < 4.78 is 62.8. The molecule has 0 radical (unpaired) electrons. The van der Waals surface area contributed by atoms with E-state index in [0.29, 0.717) is 5.69 Å². The minimum Gasteiger partial charge on any atom is -0.326 e. The highest BCUT2D eigenvalue weighted by atomic mass is 32.2. The van der Waals surface area contributed by atoms with E-state index in [4.69, 9.17) is 0 Å². The number of anilines is 1. The fourth-order valence-electron chi connectivity index (χ4n) is 2.85. The molecule has 0 spiro atoms. The maximum absolute atomic E-state index is 13.0. The van der Waals surface area contributed by atoms with Crippen LogP contribution in [0, 0.1) is 5.92 Å². The number of rotatable bonds is 4. The predicted molar refractivity (Wildman–Crippen MR) is 103 cm³/mol. The largest absolute Gasteiger partial charge is 0.435 e. The first kappa shape index (κ1) is 20.8. The van der Waals surface area contributed by atoms with Gasteiger partial charge in [-0.25, -0.2) is 13.1 Å². The molecule has 1 aromatic carbocycles. The third-order valence-corrected chi connectivity index (χ3v) is 5.63. The van der Waals surface area contributed by atoms with Crippen LogP contribution in [-0.4, -0.2) is 34.9 Å². The molecule has 0 bridgehead atoms. The molecule has 2 heterocycles. The second-order valence-electron chi connectivity index (χ2n) is 7.01. The summed E-state index contributed by atoms with van der Waals surface area (Å²) in [6, 6.07) is 4.88. The van der Waals surface area contributed by atoms with Gasteiger partial charge in [-0.15, -0.1) is 0 Å². The van der Waals surface area contributed by atoms with Crippen molar-refractivity contribution in [2.24, 2.45) is 5.92 Å². The molecule has 4 rings (SSSR count). The number of hydrogen-bond donors (Lipinski definition) is 1. The SMILES string of the molecule is O=C(Nc1ccc(C(=O)N2C=CS(=O)(=O)C=C2)c(-n2ccc(C(F)(F)F)n2)c1)C1CC1. The van der Waals surface area contributed by atoms with Crippen molar-refractivity contribution in [3.8, 4) is 5.69 Å². The molecule has 1 aliphatic carbocycles. The summed E-state index contributed by atoms with van der Waals surface area (Å²) >= 11 is 0. The van der Waals surface area contributed by atoms with Crippen LogP contribution in [0.25, 0.3) is 5.69 Å². The molecule has 1 aliphatic heterocycles. The number of sulfone groups is 1. The molecular weight excluding hydrogens is 437 g/mol. The van der Waals surface area contributed by atoms with Crippen LogP contribution in [0.1, 0.15) is 28.9 Å². The molecule has 1 saturated carbocycles. The van der Waals surface area contributed by atoms with E-state index >= 15 is 0 Å². The van der Waals surface area contributed by atoms with Crippen LogP contribution >= 0.6 is 0 Å². The van der Waals surface area contributed by atoms with E-state index in [0.717, 1.165) is 57.9 Å². The van der Waals surface area contributed by atoms with Crippen molar-refractivity contribution in [1.29, 1.82) is 0 Å². The maximum atomic E-state index is 13.0. The van der Waals surface area contributed by atoms with Crippen molar-refractivity contribution in [2.75, 3.05) is 5.32 Å². The van der Waals surface area contributed by atoms with Crippen molar-refractivity contribution < 1.29 is 31.2 Å². The Bertz CT molecular complexity index is 1210. The molecule has 162 valence electrons. The van der Waals surface area contributed by atoms with Gasteiger partial charge in [0.05, 0.1) is 22.1 Å². The average Bonchev–Trinajstić information content (AvgIpc) is 3.43. The lowest BCUT2D eigenvalue weighted by molar-refractivity contribution is -0.141. The number of hydrogen-bond acceptors (Lipinski definition) is 5. The van der Waals surface area contributed by atoms with Gasteiger partial charge in [0.25, 0.3) is 5.91 Å². The fourth-order valence-corrected chi connectivity index (χ4v) is 3.54. The molecule has 1 aromatic heterocycles. The number of aromatic nitrogens is 2. The van der Waals surface area contributed by atoms with Crippen LogP contribution in [0.4, 0.5) is 18.9 Å². The summed E-state index contributed by atoms with van der Waals surface area (Å²) in [6.07, 6.45) is -0.0313. The number of alkyl halides is 3. The van der Waals surface area contributed by atoms with Gasteiger partial charge in [0.15, 0.2) is 15.5 Å². The predicted octanol–water partition coefficient (Wildman–Crippen LogP) is 3.05. The number of carbonyl (C=O) groups is 2. The smallest absolute Gasteiger partial charge is 0.326 e. The average molecular weight is 452 g/mol. The number of benzene rings is 1. The number of carbonyl (C=O) groups excluding carboxylic acids is 2. The van der Waals surface area contributed by atoms with E-state index in [1.165, 1.54) is 18.2 Å². The third kappa shape index (κ3) is 4.53. The first-order chi connectivity index (χ1) is 14.5. The lowest BCUT2D eigenvalue weighted by Gasteiger charge is -2.19. The number of nitrogens with one attached hydrogen (secondary N) is 1. The molecule has 0 saturated heterocycles. The van der Waals surface area contributed by atoms with Gasteiger partial charge < -0.3 is 5.32 Å². The topological polar surface area (TPSA) is 101 Å². The van der Waals surface area contributed by atoms with Gasteiger partial charge in [-0.2, -0.15) is 18.3 Å². The van der Waals surface area contributed by atoms with E-state index in [1.807, 2.05) is 0 Å². The molecule has 2 aromatic rings. The molecule has 0 unspecified atom stereocenters. The molecule has 2 amide bonds. The molecule has 0 atom stereocenters. The zero-order valence-corrected chi connectivity index (χ0v) is 16.5. The van der Waals surface area contributed by atoms with Gasteiger partial charge >= 0.3 is 6.18 Å². The summed E-state index contributed by atoms with van der Waals surface area (Å²) in [5, 5.41) is 7.83. The Balaban J connectivity index is 1.73. The normalized spacial score (nSPS) is 17.6. The first-order valence-corrected chi connectivity index (χ1v) is 10.7. The van der Waals surface area contributed by atoms with Crippen LogP contribution < -0.4 is 5.32 Å². The Morgan fingerprint density at radius 2 is 1.77 bits per heavy atom. The summed E-state index contributed by atoms with van der Waals surface area (Å²) in [5.41, 5.74) is -0.916. The first-order valence-electron chi connectivity index (χ1n) is 9.06. The van der Waals surface area contributed by atoms with Crippen molar-refractivity contribution in [3.63, 3.8) is 0 Å². The van der Waals surface area contributed by atoms with Gasteiger partial charge in [0.2, 0.25) is 5.91 Å². The molecule has 31 heavy (non-hydrogen) atoms. The minimum atomic E-state index is -4.68. The molecule has 1 N–H and O–H groups in total. The fraction of sp³-hybridized carbons (Fsp3) is 0.211. The Hall–Kier alpha value is -3.41. The van der Waals surface area contributed by atoms with E-state index < -0.39 is 27.6 Å². The zero-order chi connectivity index (χ0) is 22.4. The molecular formula is C19H15F3N4O4S. The number of nitrogens with zero attached hydrogens (tertiary/aromatic N) is 3. The Labute approximate surface area is 174 Å². The van der Waals surface area contributed by atoms with Gasteiger partial charge in [0, 0.05) is 30.2 Å². The van der Waals surface area contributed by atoms with E-state index in [2.05, 4.69) is 10.4 Å². The molecule has 12 heteroatoms. The summed E-state index contributed by atoms with van der Waals surface area (Å²) in [4.78, 5) is 26.0. The highest BCUT2D eigenvalue weighted by molar-refractivity contribution is 7.97. The van der Waals surface area contributed by atoms with Gasteiger partial charge in [-0.3, -0.25) is 14.5 Å². The van der Waals surface area contributed by atoms with Gasteiger partial charge in [0.1, 0.15) is 0 Å². The highest BCUT2D eigenvalue weighted by Crippen LogP contribution is 2.32. The minimum absolute atomic E-state index is 0.00988. The molecule has 2 aliphatic rings. The van der Waals surface area contributed by atoms with E-state index in [1.54, 1.807) is 0 Å². The van der Waals surface area contributed by atoms with Crippen LogP contribution in [0.15, 0.2) is 53.7 Å². The Kier molecular flexibility index (Phi) is 4.96. The second kappa shape index (κ2) is 7.38. The third-order valence-electron chi connectivity index (χ3n) is 4.63. The van der Waals surface area contributed by atoms with Crippen LogP contribution in [0.2, 0.25) is 0 Å². The number of halogens is 3. The van der Waals surface area contributed by atoms with E-state index in [9.17, 15) is 31.2 Å². The molecule has 8 nitrogen and oxygen atoms in total. The lowest BCUT2D eigenvalue weighted by atomic mass is 10.1. The van der Waals surface area contributed by atoms with Crippen molar-refractivity contribution in [2.45, 2.75) is 19.0 Å². The van der Waals surface area contributed by atoms with Gasteiger partial charge in [-0.1, -0.05) is 0 Å². The van der Waals surface area contributed by atoms with Crippen molar-refractivity contribution >= 4 is 27.3 Å². The van der Waals surface area contributed by atoms with Crippen molar-refractivity contribution in [1.82, 2.24) is 14.7 Å². The summed E-state index contributed by atoms with van der Waals surface area (Å²) in [6.45, 7) is 0. The van der Waals surface area contributed by atoms with Crippen LogP contribution in [-0.2, 0) is 20.8 Å². The summed E-state index contributed by atoms with van der Waals surface area (Å²) in [5.74, 6) is -1.01. The van der Waals surface area contributed by atoms with Crippen LogP contribution in [0.3, 0.4) is 0 Å². The van der Waals surface area contributed by atoms with Crippen LogP contribution in [0.5, 0.6) is 0 Å². The second-order valence-corrected chi connectivity index (χ2v) is 8.73. The molecule has 1 fully saturated rings. The Morgan fingerprint density at radius 3 is 2.35 bits per heavy atom. The van der Waals surface area contributed by atoms with Gasteiger partial charge in [-0.05, 0) is 37.1 Å². The Morgan fingerprint density at radius 1 is 1.10 bits per heavy atom. The zero-order valence-electron chi connectivity index (χ0n) is 15.7. The maximum Gasteiger partial charge on any atom is 0.435 e. The summed E-state index contributed by atoms with van der Waals surface area (Å²) in [7, 11) is -3.57. The van der Waals surface area contributed by atoms with Crippen molar-refractivity contribution in [3.05, 3.63) is 64.9 Å². The van der Waals surface area contributed by atoms with E-state index in [-0.39, 0.29) is 23.1 Å². The number of amides is 2. The lowest BCUT2D eigenvalue weighted by Crippen LogP contribution is -2.24. The highest BCUT2D eigenvalue weighted by Gasteiger charge is 2.34.